The highest BCUT2D eigenvalue weighted by Gasteiger charge is 2.31. The molecule has 13 heteroatoms. The van der Waals surface area contributed by atoms with Crippen LogP contribution < -0.4 is 27.4 Å². The minimum atomic E-state index is -1.48. The molecule has 0 aliphatic carbocycles. The van der Waals surface area contributed by atoms with Gasteiger partial charge in [0, 0.05) is 29.9 Å². The number of hydrogen-bond donors (Lipinski definition) is 8. The van der Waals surface area contributed by atoms with Gasteiger partial charge >= 0.3 is 11.9 Å². The van der Waals surface area contributed by atoms with Crippen molar-refractivity contribution in [1.29, 1.82) is 0 Å². The number of carboxylic acid groups (broad SMARTS) is 2. The largest absolute Gasteiger partial charge is 0.481 e. The second kappa shape index (κ2) is 16.3. The van der Waals surface area contributed by atoms with Crippen LogP contribution in [0.4, 0.5) is 0 Å². The topological polar surface area (TPSA) is 230 Å². The molecule has 3 amide bonds. The fourth-order valence-corrected chi connectivity index (χ4v) is 4.45. The average Bonchev–Trinajstić information content (AvgIpc) is 3.31. The van der Waals surface area contributed by atoms with E-state index in [2.05, 4.69) is 20.9 Å². The van der Waals surface area contributed by atoms with E-state index in [0.29, 0.717) is 31.4 Å². The Morgan fingerprint density at radius 3 is 2.15 bits per heavy atom. The van der Waals surface area contributed by atoms with Gasteiger partial charge in [0.05, 0.1) is 6.04 Å². The first-order chi connectivity index (χ1) is 19.4. The van der Waals surface area contributed by atoms with Crippen LogP contribution in [-0.2, 0) is 30.4 Å². The highest BCUT2D eigenvalue weighted by atomic mass is 16.4. The number of unbranched alkanes of at least 4 members (excludes halogenated alkanes) is 1. The second-order valence-corrected chi connectivity index (χ2v) is 10.5. The lowest BCUT2D eigenvalue weighted by Crippen LogP contribution is -2.57. The van der Waals surface area contributed by atoms with Gasteiger partial charge in [-0.3, -0.25) is 19.2 Å². The Hall–Kier alpha value is -3.97. The predicted octanol–water partition coefficient (Wildman–Crippen LogP) is 0.617. The van der Waals surface area contributed by atoms with E-state index >= 15 is 0 Å². The lowest BCUT2D eigenvalue weighted by molar-refractivity contribution is -0.143. The zero-order valence-electron chi connectivity index (χ0n) is 23.5. The van der Waals surface area contributed by atoms with E-state index in [9.17, 15) is 29.1 Å². The molecule has 0 saturated heterocycles. The number of aromatic amines is 1. The number of carbonyl (C=O) groups excluding carboxylic acids is 3. The van der Waals surface area contributed by atoms with Crippen molar-refractivity contribution in [1.82, 2.24) is 20.9 Å². The van der Waals surface area contributed by atoms with Gasteiger partial charge in [-0.2, -0.15) is 0 Å². The number of fused-ring (bicyclic) bond motifs is 1. The Labute approximate surface area is 238 Å². The highest BCUT2D eigenvalue weighted by Crippen LogP contribution is 2.19. The highest BCUT2D eigenvalue weighted by molar-refractivity contribution is 5.95. The zero-order valence-corrected chi connectivity index (χ0v) is 23.5. The van der Waals surface area contributed by atoms with Crippen LogP contribution in [0.15, 0.2) is 30.5 Å². The van der Waals surface area contributed by atoms with Crippen molar-refractivity contribution in [2.45, 2.75) is 83.0 Å². The summed E-state index contributed by atoms with van der Waals surface area (Å²) < 4.78 is 0. The standard InChI is InChI=1S/C28H42N6O7/c1-16(2)13-19(30)25(37)32-21(9-5-6-12-29)26(38)34-23(14-17-15-31-20-8-4-3-7-18(17)20)27(39)33-22(28(40)41)10-11-24(35)36/h3-4,7-8,15-16,19,21-23,31H,5-6,9-14,29-30H2,1-2H3,(H,32,37)(H,33,39)(H,34,38)(H,35,36)(H,40,41). The molecule has 4 unspecified atom stereocenters. The van der Waals surface area contributed by atoms with Crippen molar-refractivity contribution >= 4 is 40.6 Å². The molecule has 0 spiro atoms. The predicted molar refractivity (Wildman–Crippen MR) is 153 cm³/mol. The maximum Gasteiger partial charge on any atom is 0.326 e. The van der Waals surface area contributed by atoms with Crippen molar-refractivity contribution in [2.75, 3.05) is 6.54 Å². The fourth-order valence-electron chi connectivity index (χ4n) is 4.45. The Kier molecular flexibility index (Phi) is 13.2. The van der Waals surface area contributed by atoms with Gasteiger partial charge in [0.25, 0.3) is 0 Å². The molecule has 10 N–H and O–H groups in total. The Balaban J connectivity index is 2.31. The van der Waals surface area contributed by atoms with E-state index in [1.165, 1.54) is 0 Å². The number of amides is 3. The number of para-hydroxylation sites is 1. The maximum atomic E-state index is 13.5. The molecule has 0 radical (unpaired) electrons. The summed E-state index contributed by atoms with van der Waals surface area (Å²) in [5, 5.41) is 27.1. The van der Waals surface area contributed by atoms with Crippen LogP contribution in [0, 0.1) is 5.92 Å². The van der Waals surface area contributed by atoms with Crippen molar-refractivity contribution in [2.24, 2.45) is 17.4 Å². The monoisotopic (exact) mass is 574 g/mol. The number of aromatic nitrogens is 1. The molecular formula is C28H42N6O7. The summed E-state index contributed by atoms with van der Waals surface area (Å²) in [5.41, 5.74) is 13.1. The zero-order chi connectivity index (χ0) is 30.5. The Morgan fingerprint density at radius 1 is 0.878 bits per heavy atom. The summed E-state index contributed by atoms with van der Waals surface area (Å²) in [6, 6.07) is 2.82. The van der Waals surface area contributed by atoms with Gasteiger partial charge in [0.1, 0.15) is 18.1 Å². The van der Waals surface area contributed by atoms with Gasteiger partial charge < -0.3 is 42.6 Å². The van der Waals surface area contributed by atoms with Gasteiger partial charge in [0.15, 0.2) is 0 Å². The molecule has 2 aromatic rings. The summed E-state index contributed by atoms with van der Waals surface area (Å²) in [5.74, 6) is -4.38. The average molecular weight is 575 g/mol. The van der Waals surface area contributed by atoms with Crippen molar-refractivity contribution in [3.8, 4) is 0 Å². The summed E-state index contributed by atoms with van der Waals surface area (Å²) in [4.78, 5) is 65.4. The number of carbonyl (C=O) groups is 5. The first-order valence-electron chi connectivity index (χ1n) is 13.8. The number of carboxylic acids is 2. The third-order valence-electron chi connectivity index (χ3n) is 6.64. The molecule has 2 rings (SSSR count). The number of aliphatic carboxylic acids is 2. The minimum Gasteiger partial charge on any atom is -0.481 e. The van der Waals surface area contributed by atoms with Crippen molar-refractivity contribution in [3.05, 3.63) is 36.0 Å². The molecule has 41 heavy (non-hydrogen) atoms. The smallest absolute Gasteiger partial charge is 0.326 e. The summed E-state index contributed by atoms with van der Waals surface area (Å²) >= 11 is 0. The number of H-pyrrole nitrogens is 1. The Bertz CT molecular complexity index is 1200. The first kappa shape index (κ1) is 33.2. The number of nitrogens with one attached hydrogen (secondary N) is 4. The van der Waals surface area contributed by atoms with E-state index in [4.69, 9.17) is 16.6 Å². The number of benzene rings is 1. The van der Waals surface area contributed by atoms with Gasteiger partial charge in [-0.1, -0.05) is 32.0 Å². The number of nitrogens with two attached hydrogens (primary N) is 2. The van der Waals surface area contributed by atoms with E-state index in [1.807, 2.05) is 38.1 Å². The van der Waals surface area contributed by atoms with Crippen LogP contribution >= 0.6 is 0 Å². The molecule has 4 atom stereocenters. The lowest BCUT2D eigenvalue weighted by atomic mass is 10.0. The second-order valence-electron chi connectivity index (χ2n) is 10.5. The normalized spacial score (nSPS) is 14.2. The van der Waals surface area contributed by atoms with E-state index in [-0.39, 0.29) is 25.2 Å². The molecule has 1 heterocycles. The number of hydrogen-bond acceptors (Lipinski definition) is 7. The van der Waals surface area contributed by atoms with E-state index in [1.54, 1.807) is 6.20 Å². The Morgan fingerprint density at radius 2 is 1.51 bits per heavy atom. The molecule has 0 bridgehead atoms. The summed E-state index contributed by atoms with van der Waals surface area (Å²) in [7, 11) is 0. The third kappa shape index (κ3) is 10.8. The third-order valence-corrected chi connectivity index (χ3v) is 6.64. The lowest BCUT2D eigenvalue weighted by Gasteiger charge is -2.25. The SMILES string of the molecule is CC(C)CC(N)C(=O)NC(CCCCN)C(=O)NC(Cc1c[nH]c2ccccc12)C(=O)NC(CCC(=O)O)C(=O)O. The molecule has 0 fully saturated rings. The molecule has 1 aromatic carbocycles. The summed E-state index contributed by atoms with van der Waals surface area (Å²) in [6.45, 7) is 4.24. The molecule has 0 aliphatic rings. The van der Waals surface area contributed by atoms with Crippen LogP contribution in [0.1, 0.15) is 57.9 Å². The number of rotatable bonds is 18. The molecule has 226 valence electrons. The molecule has 0 saturated carbocycles. The molecule has 13 nitrogen and oxygen atoms in total. The van der Waals surface area contributed by atoms with Gasteiger partial charge in [-0.05, 0) is 56.2 Å². The van der Waals surface area contributed by atoms with E-state index in [0.717, 1.165) is 10.9 Å². The van der Waals surface area contributed by atoms with Crippen LogP contribution in [0.2, 0.25) is 0 Å². The molecular weight excluding hydrogens is 532 g/mol. The van der Waals surface area contributed by atoms with Crippen molar-refractivity contribution in [3.63, 3.8) is 0 Å². The van der Waals surface area contributed by atoms with Gasteiger partial charge in [0.2, 0.25) is 17.7 Å². The fraction of sp³-hybridized carbons (Fsp3) is 0.536. The van der Waals surface area contributed by atoms with Gasteiger partial charge in [-0.25, -0.2) is 4.79 Å². The summed E-state index contributed by atoms with van der Waals surface area (Å²) in [6.07, 6.45) is 2.70. The maximum absolute atomic E-state index is 13.5. The van der Waals surface area contributed by atoms with Crippen molar-refractivity contribution < 1.29 is 34.2 Å². The molecule has 0 aliphatic heterocycles. The molecule has 1 aromatic heterocycles. The van der Waals surface area contributed by atoms with Crippen LogP contribution in [-0.4, -0.2) is 75.6 Å². The van der Waals surface area contributed by atoms with Gasteiger partial charge in [-0.15, -0.1) is 0 Å². The minimum absolute atomic E-state index is 0.00316. The van der Waals surface area contributed by atoms with Crippen LogP contribution in [0.3, 0.4) is 0 Å². The van der Waals surface area contributed by atoms with Crippen LogP contribution in [0.5, 0.6) is 0 Å². The van der Waals surface area contributed by atoms with E-state index < -0.39 is 60.2 Å². The first-order valence-corrected chi connectivity index (χ1v) is 13.8. The quantitative estimate of drug-likeness (QED) is 0.116. The van der Waals surface area contributed by atoms with Crippen LogP contribution in [0.25, 0.3) is 10.9 Å².